The molecule has 0 radical (unpaired) electrons. The molecule has 2 aliphatic heterocycles. The molecule has 10 heteroatoms. The van der Waals surface area contributed by atoms with Crippen LogP contribution in [0.1, 0.15) is 18.5 Å². The van der Waals surface area contributed by atoms with Gasteiger partial charge in [-0.1, -0.05) is 0 Å². The van der Waals surface area contributed by atoms with Crippen LogP contribution >= 0.6 is 0 Å². The molecular formula is C15H26N6O3S. The van der Waals surface area contributed by atoms with Crippen molar-refractivity contribution in [2.24, 2.45) is 5.92 Å². The quantitative estimate of drug-likeness (QED) is 0.732. The highest BCUT2D eigenvalue weighted by molar-refractivity contribution is 7.86. The van der Waals surface area contributed by atoms with Crippen LogP contribution in [0, 0.1) is 12.8 Å². The lowest BCUT2D eigenvalue weighted by molar-refractivity contribution is -0.0694. The van der Waals surface area contributed by atoms with Crippen LogP contribution in [0.15, 0.2) is 6.07 Å². The molecule has 0 spiro atoms. The van der Waals surface area contributed by atoms with Crippen molar-refractivity contribution in [2.45, 2.75) is 25.4 Å². The minimum absolute atomic E-state index is 0.179. The van der Waals surface area contributed by atoms with Crippen LogP contribution in [-0.4, -0.2) is 78.0 Å². The van der Waals surface area contributed by atoms with Crippen molar-refractivity contribution in [1.29, 1.82) is 0 Å². The number of piperidine rings is 2. The first-order valence-electron chi connectivity index (χ1n) is 8.38. The van der Waals surface area contributed by atoms with E-state index in [0.29, 0.717) is 39.0 Å². The Hall–Kier alpha value is -1.49. The molecular weight excluding hydrogens is 344 g/mol. The summed E-state index contributed by atoms with van der Waals surface area (Å²) in [4.78, 5) is 10.4. The lowest BCUT2D eigenvalue weighted by Gasteiger charge is -2.50. The number of aryl methyl sites for hydroxylation is 1. The SMILES string of the molecule is Cc1cc(N2CC[C@]3(O)CCN(S(=O)(=O)N(C)C)C[C@@H]3C2)nc(N)n1. The van der Waals surface area contributed by atoms with Crippen LogP contribution in [0.2, 0.25) is 0 Å². The van der Waals surface area contributed by atoms with E-state index in [0.717, 1.165) is 11.5 Å². The molecule has 1 aromatic rings. The Labute approximate surface area is 148 Å². The summed E-state index contributed by atoms with van der Waals surface area (Å²) in [5.41, 5.74) is 5.70. The summed E-state index contributed by atoms with van der Waals surface area (Å²) in [6.07, 6.45) is 1.03. The van der Waals surface area contributed by atoms with Gasteiger partial charge < -0.3 is 15.7 Å². The van der Waals surface area contributed by atoms with Crippen molar-refractivity contribution < 1.29 is 13.5 Å². The molecule has 140 valence electrons. The van der Waals surface area contributed by atoms with Crippen LogP contribution < -0.4 is 10.6 Å². The lowest BCUT2D eigenvalue weighted by atomic mass is 9.76. The molecule has 9 nitrogen and oxygen atoms in total. The predicted octanol–water partition coefficient (Wildman–Crippen LogP) is -0.563. The number of aliphatic hydroxyl groups is 1. The van der Waals surface area contributed by atoms with Gasteiger partial charge in [0.2, 0.25) is 5.95 Å². The number of nitrogen functional groups attached to an aromatic ring is 1. The van der Waals surface area contributed by atoms with Crippen LogP contribution in [0.5, 0.6) is 0 Å². The maximum Gasteiger partial charge on any atom is 0.281 e. The molecule has 0 amide bonds. The molecule has 0 unspecified atom stereocenters. The second-order valence-corrected chi connectivity index (χ2v) is 9.26. The van der Waals surface area contributed by atoms with E-state index in [1.54, 1.807) is 0 Å². The van der Waals surface area contributed by atoms with Crippen molar-refractivity contribution in [3.63, 3.8) is 0 Å². The first-order valence-corrected chi connectivity index (χ1v) is 9.77. The highest BCUT2D eigenvalue weighted by Crippen LogP contribution is 2.37. The van der Waals surface area contributed by atoms with Crippen molar-refractivity contribution in [3.05, 3.63) is 11.8 Å². The number of fused-ring (bicyclic) bond motifs is 1. The molecule has 2 aliphatic rings. The third kappa shape index (κ3) is 3.43. The van der Waals surface area contributed by atoms with E-state index in [2.05, 4.69) is 14.9 Å². The first kappa shape index (κ1) is 18.3. The molecule has 2 fully saturated rings. The van der Waals surface area contributed by atoms with Gasteiger partial charge in [0.25, 0.3) is 10.2 Å². The Balaban J connectivity index is 1.81. The van der Waals surface area contributed by atoms with Crippen molar-refractivity contribution in [3.8, 4) is 0 Å². The highest BCUT2D eigenvalue weighted by Gasteiger charge is 2.47. The minimum atomic E-state index is -3.48. The van der Waals surface area contributed by atoms with Gasteiger partial charge in [0.15, 0.2) is 0 Å². The molecule has 0 aromatic carbocycles. The number of nitrogens with zero attached hydrogens (tertiary/aromatic N) is 5. The molecule has 1 aromatic heterocycles. The second kappa shape index (κ2) is 6.35. The number of hydrogen-bond acceptors (Lipinski definition) is 7. The summed E-state index contributed by atoms with van der Waals surface area (Å²) in [5.74, 6) is 0.761. The van der Waals surface area contributed by atoms with Gasteiger partial charge in [-0.2, -0.15) is 22.0 Å². The second-order valence-electron chi connectivity index (χ2n) is 7.12. The summed E-state index contributed by atoms with van der Waals surface area (Å²) in [5, 5.41) is 11.0. The van der Waals surface area contributed by atoms with Gasteiger partial charge in [-0.3, -0.25) is 0 Å². The van der Waals surface area contributed by atoms with Gasteiger partial charge in [-0.05, 0) is 19.8 Å². The number of anilines is 2. The largest absolute Gasteiger partial charge is 0.389 e. The fourth-order valence-corrected chi connectivity index (χ4v) is 4.81. The maximum atomic E-state index is 12.4. The topological polar surface area (TPSA) is 116 Å². The summed E-state index contributed by atoms with van der Waals surface area (Å²) in [6, 6.07) is 1.86. The molecule has 2 atom stereocenters. The highest BCUT2D eigenvalue weighted by atomic mass is 32.2. The first-order chi connectivity index (χ1) is 11.6. The Bertz CT molecular complexity index is 735. The molecule has 25 heavy (non-hydrogen) atoms. The maximum absolute atomic E-state index is 12.4. The summed E-state index contributed by atoms with van der Waals surface area (Å²) in [7, 11) is -0.434. The predicted molar refractivity (Wildman–Crippen MR) is 95.2 cm³/mol. The zero-order valence-corrected chi connectivity index (χ0v) is 15.7. The van der Waals surface area contributed by atoms with Gasteiger partial charge in [-0.15, -0.1) is 0 Å². The molecule has 2 saturated heterocycles. The Kier molecular flexibility index (Phi) is 4.65. The van der Waals surface area contributed by atoms with E-state index in [-0.39, 0.29) is 11.9 Å². The average Bonchev–Trinajstić information content (AvgIpc) is 2.52. The molecule has 3 heterocycles. The third-order valence-electron chi connectivity index (χ3n) is 5.20. The Morgan fingerprint density at radius 2 is 1.96 bits per heavy atom. The van der Waals surface area contributed by atoms with E-state index in [9.17, 15) is 13.5 Å². The average molecular weight is 370 g/mol. The van der Waals surface area contributed by atoms with Crippen LogP contribution in [0.25, 0.3) is 0 Å². The van der Waals surface area contributed by atoms with Gasteiger partial charge in [-0.25, -0.2) is 4.98 Å². The van der Waals surface area contributed by atoms with Gasteiger partial charge >= 0.3 is 0 Å². The van der Waals surface area contributed by atoms with E-state index in [1.165, 1.54) is 22.7 Å². The number of nitrogens with two attached hydrogens (primary N) is 1. The Morgan fingerprint density at radius 1 is 1.28 bits per heavy atom. The molecule has 3 N–H and O–H groups in total. The Morgan fingerprint density at radius 3 is 2.60 bits per heavy atom. The summed E-state index contributed by atoms with van der Waals surface area (Å²) >= 11 is 0. The van der Waals surface area contributed by atoms with E-state index in [4.69, 9.17) is 5.73 Å². The van der Waals surface area contributed by atoms with Crippen LogP contribution in [-0.2, 0) is 10.2 Å². The lowest BCUT2D eigenvalue weighted by Crippen LogP contribution is -2.61. The standard InChI is InChI=1S/C15H26N6O3S/c1-11-8-13(18-14(16)17-11)20-6-4-15(22)5-7-21(10-12(15)9-20)25(23,24)19(2)3/h8,12,22H,4-7,9-10H2,1-3H3,(H2,16,17,18)/t12-,15-/m0/s1. The van der Waals surface area contributed by atoms with Crippen molar-refractivity contribution in [1.82, 2.24) is 18.6 Å². The van der Waals surface area contributed by atoms with Gasteiger partial charge in [0.05, 0.1) is 5.60 Å². The van der Waals surface area contributed by atoms with E-state index >= 15 is 0 Å². The number of hydrogen-bond donors (Lipinski definition) is 2. The normalized spacial score (nSPS) is 28.2. The van der Waals surface area contributed by atoms with Crippen molar-refractivity contribution in [2.75, 3.05) is 50.9 Å². The fraction of sp³-hybridized carbons (Fsp3) is 0.733. The third-order valence-corrected chi connectivity index (χ3v) is 7.11. The summed E-state index contributed by atoms with van der Waals surface area (Å²) < 4.78 is 27.5. The smallest absolute Gasteiger partial charge is 0.281 e. The number of rotatable bonds is 3. The van der Waals surface area contributed by atoms with Gasteiger partial charge in [0.1, 0.15) is 5.82 Å². The molecule has 0 aliphatic carbocycles. The van der Waals surface area contributed by atoms with E-state index in [1.807, 2.05) is 13.0 Å². The fourth-order valence-electron chi connectivity index (χ4n) is 3.66. The van der Waals surface area contributed by atoms with E-state index < -0.39 is 15.8 Å². The molecule has 0 bridgehead atoms. The van der Waals surface area contributed by atoms with Crippen LogP contribution in [0.4, 0.5) is 11.8 Å². The zero-order chi connectivity index (χ0) is 18.4. The van der Waals surface area contributed by atoms with Crippen molar-refractivity contribution >= 4 is 22.0 Å². The molecule has 0 saturated carbocycles. The van der Waals surface area contributed by atoms with Gasteiger partial charge in [0, 0.05) is 58.0 Å². The summed E-state index contributed by atoms with van der Waals surface area (Å²) in [6.45, 7) is 3.68. The monoisotopic (exact) mass is 370 g/mol. The van der Waals surface area contributed by atoms with Crippen LogP contribution in [0.3, 0.4) is 0 Å². The zero-order valence-electron chi connectivity index (χ0n) is 14.9. The molecule has 3 rings (SSSR count). The number of aromatic nitrogens is 2. The minimum Gasteiger partial charge on any atom is -0.389 e.